The first-order chi connectivity index (χ1) is 9.56. The van der Waals surface area contributed by atoms with E-state index in [0.717, 1.165) is 24.8 Å². The summed E-state index contributed by atoms with van der Waals surface area (Å²) in [7, 11) is 3.83. The molecular weight excluding hydrogens is 252 g/mol. The fourth-order valence-corrected chi connectivity index (χ4v) is 2.15. The molecule has 4 nitrogen and oxygen atoms in total. The molecule has 0 heterocycles. The van der Waals surface area contributed by atoms with Crippen molar-refractivity contribution >= 4 is 5.91 Å². The second-order valence-electron chi connectivity index (χ2n) is 5.35. The van der Waals surface area contributed by atoms with Gasteiger partial charge in [0, 0.05) is 13.2 Å². The maximum atomic E-state index is 12.3. The molecule has 0 radical (unpaired) electrons. The molecule has 0 aliphatic heterocycles. The van der Waals surface area contributed by atoms with Gasteiger partial charge in [0.15, 0.2) is 0 Å². The van der Waals surface area contributed by atoms with E-state index in [4.69, 9.17) is 5.11 Å². The monoisotopic (exact) mass is 278 g/mol. The molecule has 1 rings (SSSR count). The van der Waals surface area contributed by atoms with E-state index in [2.05, 4.69) is 5.32 Å². The lowest BCUT2D eigenvalue weighted by Crippen LogP contribution is -2.37. The van der Waals surface area contributed by atoms with Gasteiger partial charge in [0.05, 0.1) is 0 Å². The maximum absolute atomic E-state index is 12.3. The molecule has 0 saturated carbocycles. The third kappa shape index (κ3) is 5.31. The molecule has 0 bridgehead atoms. The van der Waals surface area contributed by atoms with Crippen molar-refractivity contribution in [3.8, 4) is 0 Å². The summed E-state index contributed by atoms with van der Waals surface area (Å²) < 4.78 is 0. The molecule has 4 heteroatoms. The molecule has 112 valence electrons. The zero-order chi connectivity index (χ0) is 15.0. The van der Waals surface area contributed by atoms with E-state index in [1.165, 1.54) is 5.56 Å². The van der Waals surface area contributed by atoms with Gasteiger partial charge in [-0.05, 0) is 45.8 Å². The van der Waals surface area contributed by atoms with Crippen molar-refractivity contribution in [2.45, 2.75) is 32.2 Å². The maximum Gasteiger partial charge on any atom is 0.241 e. The molecule has 0 saturated heterocycles. The molecule has 20 heavy (non-hydrogen) atoms. The minimum atomic E-state index is -0.256. The number of rotatable bonds is 8. The van der Waals surface area contributed by atoms with E-state index >= 15 is 0 Å². The van der Waals surface area contributed by atoms with E-state index in [9.17, 15) is 4.79 Å². The van der Waals surface area contributed by atoms with Crippen LogP contribution in [0.25, 0.3) is 0 Å². The number of nitrogens with zero attached hydrogens (tertiary/aromatic N) is 1. The number of carbonyl (C=O) groups is 1. The SMILES string of the molecule is Cc1ccc([C@H](C(=O)NCCCCCO)N(C)C)cc1. The van der Waals surface area contributed by atoms with Gasteiger partial charge in [-0.15, -0.1) is 0 Å². The Balaban J connectivity index is 2.57. The molecule has 2 N–H and O–H groups in total. The summed E-state index contributed by atoms with van der Waals surface area (Å²) in [5.74, 6) is 0.0304. The summed E-state index contributed by atoms with van der Waals surface area (Å²) >= 11 is 0. The molecule has 0 fully saturated rings. The molecule has 0 aromatic heterocycles. The van der Waals surface area contributed by atoms with Gasteiger partial charge in [-0.25, -0.2) is 0 Å². The first-order valence-corrected chi connectivity index (χ1v) is 7.18. The van der Waals surface area contributed by atoms with Crippen LogP contribution in [-0.4, -0.2) is 43.2 Å². The van der Waals surface area contributed by atoms with Crippen molar-refractivity contribution in [2.24, 2.45) is 0 Å². The second kappa shape index (κ2) is 8.72. The number of likely N-dealkylation sites (N-methyl/N-ethyl adjacent to an activating group) is 1. The van der Waals surface area contributed by atoms with Crippen molar-refractivity contribution in [1.82, 2.24) is 10.2 Å². The number of aliphatic hydroxyl groups excluding tert-OH is 1. The molecule has 0 spiro atoms. The fourth-order valence-electron chi connectivity index (χ4n) is 2.15. The Morgan fingerprint density at radius 1 is 1.20 bits per heavy atom. The van der Waals surface area contributed by atoms with Crippen molar-refractivity contribution in [3.63, 3.8) is 0 Å². The van der Waals surface area contributed by atoms with Crippen LogP contribution in [0.5, 0.6) is 0 Å². The number of hydrogen-bond acceptors (Lipinski definition) is 3. The molecule has 0 unspecified atom stereocenters. The van der Waals surface area contributed by atoms with Gasteiger partial charge in [0.2, 0.25) is 5.91 Å². The summed E-state index contributed by atoms with van der Waals surface area (Å²) in [4.78, 5) is 14.2. The summed E-state index contributed by atoms with van der Waals surface area (Å²) in [6.07, 6.45) is 2.64. The Labute approximate surface area is 121 Å². The van der Waals surface area contributed by atoms with E-state index < -0.39 is 0 Å². The van der Waals surface area contributed by atoms with Crippen LogP contribution in [0.4, 0.5) is 0 Å². The van der Waals surface area contributed by atoms with Crippen molar-refractivity contribution in [2.75, 3.05) is 27.2 Å². The summed E-state index contributed by atoms with van der Waals surface area (Å²) in [5, 5.41) is 11.7. The predicted octanol–water partition coefficient (Wildman–Crippen LogP) is 1.88. The number of carbonyl (C=O) groups excluding carboxylic acids is 1. The third-order valence-electron chi connectivity index (χ3n) is 3.29. The van der Waals surface area contributed by atoms with E-state index in [1.807, 2.05) is 50.2 Å². The van der Waals surface area contributed by atoms with Gasteiger partial charge in [-0.2, -0.15) is 0 Å². The Bertz CT molecular complexity index is 401. The average molecular weight is 278 g/mol. The number of amides is 1. The normalized spacial score (nSPS) is 12.4. The highest BCUT2D eigenvalue weighted by Gasteiger charge is 2.22. The van der Waals surface area contributed by atoms with Crippen LogP contribution in [0.3, 0.4) is 0 Å². The molecule has 1 aromatic rings. The molecule has 1 amide bonds. The van der Waals surface area contributed by atoms with Crippen LogP contribution in [0, 0.1) is 6.92 Å². The molecule has 0 aliphatic carbocycles. The van der Waals surface area contributed by atoms with Crippen molar-refractivity contribution in [1.29, 1.82) is 0 Å². The lowest BCUT2D eigenvalue weighted by Gasteiger charge is -2.24. The quantitative estimate of drug-likeness (QED) is 0.714. The van der Waals surface area contributed by atoms with Crippen LogP contribution in [0.1, 0.15) is 36.4 Å². The first kappa shape index (κ1) is 16.7. The Kier molecular flexibility index (Phi) is 7.26. The lowest BCUT2D eigenvalue weighted by atomic mass is 10.0. The Hall–Kier alpha value is -1.39. The number of nitrogens with one attached hydrogen (secondary N) is 1. The Morgan fingerprint density at radius 3 is 2.40 bits per heavy atom. The summed E-state index contributed by atoms with van der Waals surface area (Å²) in [6, 6.07) is 7.81. The predicted molar refractivity (Wildman–Crippen MR) is 81.6 cm³/mol. The summed E-state index contributed by atoms with van der Waals surface area (Å²) in [5.41, 5.74) is 2.20. The molecule has 1 aromatic carbocycles. The van der Waals surface area contributed by atoms with E-state index in [0.29, 0.717) is 6.54 Å². The Morgan fingerprint density at radius 2 is 1.85 bits per heavy atom. The van der Waals surface area contributed by atoms with Gasteiger partial charge in [0.25, 0.3) is 0 Å². The van der Waals surface area contributed by atoms with Crippen molar-refractivity contribution in [3.05, 3.63) is 35.4 Å². The second-order valence-corrected chi connectivity index (χ2v) is 5.35. The van der Waals surface area contributed by atoms with Crippen LogP contribution in [-0.2, 0) is 4.79 Å². The van der Waals surface area contributed by atoms with Crippen LogP contribution >= 0.6 is 0 Å². The standard InChI is InChI=1S/C16H26N2O2/c1-13-7-9-14(10-8-13)15(18(2)3)16(20)17-11-5-4-6-12-19/h7-10,15,19H,4-6,11-12H2,1-3H3,(H,17,20)/t15-/m1/s1. The number of aryl methyl sites for hydroxylation is 1. The minimum Gasteiger partial charge on any atom is -0.396 e. The van der Waals surface area contributed by atoms with Gasteiger partial charge < -0.3 is 10.4 Å². The zero-order valence-electron chi connectivity index (χ0n) is 12.7. The molecular formula is C16H26N2O2. The van der Waals surface area contributed by atoms with Gasteiger partial charge >= 0.3 is 0 Å². The first-order valence-electron chi connectivity index (χ1n) is 7.18. The topological polar surface area (TPSA) is 52.6 Å². The highest BCUT2D eigenvalue weighted by atomic mass is 16.2. The van der Waals surface area contributed by atoms with Crippen molar-refractivity contribution < 1.29 is 9.90 Å². The molecule has 0 aliphatic rings. The number of aliphatic hydroxyl groups is 1. The van der Waals surface area contributed by atoms with E-state index in [1.54, 1.807) is 0 Å². The molecule has 1 atom stereocenters. The van der Waals surface area contributed by atoms with Crippen LogP contribution in [0.15, 0.2) is 24.3 Å². The van der Waals surface area contributed by atoms with Crippen LogP contribution < -0.4 is 5.32 Å². The lowest BCUT2D eigenvalue weighted by molar-refractivity contribution is -0.125. The van der Waals surface area contributed by atoms with Crippen LogP contribution in [0.2, 0.25) is 0 Å². The highest BCUT2D eigenvalue weighted by Crippen LogP contribution is 2.18. The average Bonchev–Trinajstić information content (AvgIpc) is 2.40. The number of hydrogen-bond donors (Lipinski definition) is 2. The third-order valence-corrected chi connectivity index (χ3v) is 3.29. The highest BCUT2D eigenvalue weighted by molar-refractivity contribution is 5.83. The summed E-state index contributed by atoms with van der Waals surface area (Å²) in [6.45, 7) is 2.92. The largest absolute Gasteiger partial charge is 0.396 e. The zero-order valence-corrected chi connectivity index (χ0v) is 12.7. The number of unbranched alkanes of at least 4 members (excludes halogenated alkanes) is 2. The van der Waals surface area contributed by atoms with Gasteiger partial charge in [-0.1, -0.05) is 29.8 Å². The van der Waals surface area contributed by atoms with Gasteiger partial charge in [-0.3, -0.25) is 9.69 Å². The van der Waals surface area contributed by atoms with E-state index in [-0.39, 0.29) is 18.6 Å². The minimum absolute atomic E-state index is 0.0304. The fraction of sp³-hybridized carbons (Fsp3) is 0.562. The smallest absolute Gasteiger partial charge is 0.241 e. The van der Waals surface area contributed by atoms with Gasteiger partial charge in [0.1, 0.15) is 6.04 Å². The number of benzene rings is 1.